The molecular formula is C31H32BrN3O6. The van der Waals surface area contributed by atoms with E-state index in [1.165, 1.54) is 11.8 Å². The average molecular weight is 623 g/mol. The fourth-order valence-corrected chi connectivity index (χ4v) is 4.96. The number of benzene rings is 3. The number of methoxy groups -OCH3 is 2. The second-order valence-electron chi connectivity index (χ2n) is 9.51. The summed E-state index contributed by atoms with van der Waals surface area (Å²) in [6, 6.07) is 14.6. The minimum absolute atomic E-state index is 0.183. The quantitative estimate of drug-likeness (QED) is 0.156. The standard InChI is InChI=1S/C31H32BrN3O6/c1-7-40-28(36)17-41-29-24(32)13-20(14-27(29)39-6)16-33-35-30(34-25-11-9-8-10-21(25)31(35)37)23-15-22(18(2)3)26(38-5)12-19(23)4/h8-16,18H,7,17H2,1-6H3. The molecule has 0 aliphatic rings. The van der Waals surface area contributed by atoms with Crippen molar-refractivity contribution in [3.63, 3.8) is 0 Å². The van der Waals surface area contributed by atoms with Gasteiger partial charge in [-0.25, -0.2) is 9.78 Å². The van der Waals surface area contributed by atoms with Crippen molar-refractivity contribution in [2.75, 3.05) is 27.4 Å². The van der Waals surface area contributed by atoms with Crippen LogP contribution in [0.15, 0.2) is 62.9 Å². The Kier molecular flexibility index (Phi) is 9.44. The highest BCUT2D eigenvalue weighted by Crippen LogP contribution is 2.37. The summed E-state index contributed by atoms with van der Waals surface area (Å²) in [6.07, 6.45) is 1.55. The van der Waals surface area contributed by atoms with Crippen molar-refractivity contribution in [2.24, 2.45) is 5.10 Å². The third-order valence-electron chi connectivity index (χ3n) is 6.41. The smallest absolute Gasteiger partial charge is 0.344 e. The molecule has 41 heavy (non-hydrogen) atoms. The molecule has 0 radical (unpaired) electrons. The number of aryl methyl sites for hydroxylation is 1. The van der Waals surface area contributed by atoms with Gasteiger partial charge >= 0.3 is 5.97 Å². The lowest BCUT2D eigenvalue weighted by Gasteiger charge is -2.17. The van der Waals surface area contributed by atoms with Crippen LogP contribution in [0.3, 0.4) is 0 Å². The number of nitrogens with zero attached hydrogens (tertiary/aromatic N) is 3. The average Bonchev–Trinajstić information content (AvgIpc) is 2.95. The molecule has 0 saturated carbocycles. The van der Waals surface area contributed by atoms with E-state index in [-0.39, 0.29) is 24.7 Å². The zero-order valence-corrected chi connectivity index (χ0v) is 25.4. The van der Waals surface area contributed by atoms with Crippen LogP contribution in [-0.4, -0.2) is 49.3 Å². The van der Waals surface area contributed by atoms with Gasteiger partial charge in [0.2, 0.25) is 0 Å². The van der Waals surface area contributed by atoms with Gasteiger partial charge in [0, 0.05) is 5.56 Å². The summed E-state index contributed by atoms with van der Waals surface area (Å²) in [5.41, 5.74) is 3.56. The van der Waals surface area contributed by atoms with Crippen LogP contribution in [0.4, 0.5) is 0 Å². The summed E-state index contributed by atoms with van der Waals surface area (Å²) >= 11 is 3.49. The van der Waals surface area contributed by atoms with Crippen molar-refractivity contribution < 1.29 is 23.7 Å². The van der Waals surface area contributed by atoms with Crippen molar-refractivity contribution in [2.45, 2.75) is 33.6 Å². The molecule has 0 aliphatic heterocycles. The Morgan fingerprint density at radius 2 is 1.83 bits per heavy atom. The van der Waals surface area contributed by atoms with Crippen LogP contribution < -0.4 is 19.8 Å². The Labute approximate surface area is 246 Å². The Hall–Kier alpha value is -4.18. The minimum atomic E-state index is -0.489. The first kappa shape index (κ1) is 29.8. The molecule has 0 spiro atoms. The molecule has 10 heteroatoms. The molecule has 0 bridgehead atoms. The lowest BCUT2D eigenvalue weighted by molar-refractivity contribution is -0.145. The van der Waals surface area contributed by atoms with Crippen LogP contribution in [0.1, 0.15) is 43.4 Å². The van der Waals surface area contributed by atoms with Crippen molar-refractivity contribution in [3.05, 3.63) is 80.0 Å². The molecule has 9 nitrogen and oxygen atoms in total. The third-order valence-corrected chi connectivity index (χ3v) is 7.00. The molecule has 0 saturated heterocycles. The summed E-state index contributed by atoms with van der Waals surface area (Å²) < 4.78 is 23.5. The van der Waals surface area contributed by atoms with E-state index < -0.39 is 5.97 Å². The summed E-state index contributed by atoms with van der Waals surface area (Å²) in [6.45, 7) is 7.84. The molecule has 0 aliphatic carbocycles. The Balaban J connectivity index is 1.84. The topological polar surface area (TPSA) is 101 Å². The molecule has 4 rings (SSSR count). The molecule has 0 atom stereocenters. The lowest BCUT2D eigenvalue weighted by Crippen LogP contribution is -2.21. The van der Waals surface area contributed by atoms with Crippen LogP contribution in [0, 0.1) is 6.92 Å². The molecule has 0 fully saturated rings. The van der Waals surface area contributed by atoms with Gasteiger partial charge in [-0.05, 0) is 88.8 Å². The lowest BCUT2D eigenvalue weighted by atomic mass is 9.96. The van der Waals surface area contributed by atoms with Crippen molar-refractivity contribution in [1.82, 2.24) is 9.66 Å². The number of rotatable bonds is 10. The zero-order valence-electron chi connectivity index (χ0n) is 23.9. The maximum atomic E-state index is 13.7. The molecule has 1 aromatic heterocycles. The maximum Gasteiger partial charge on any atom is 0.344 e. The molecule has 0 N–H and O–H groups in total. The van der Waals surface area contributed by atoms with Gasteiger partial charge in [-0.2, -0.15) is 9.78 Å². The first-order chi connectivity index (χ1) is 19.7. The number of aromatic nitrogens is 2. The third kappa shape index (κ3) is 6.43. The number of halogens is 1. The summed E-state index contributed by atoms with van der Waals surface area (Å²) in [7, 11) is 3.14. The van der Waals surface area contributed by atoms with Crippen LogP contribution in [0.5, 0.6) is 17.2 Å². The van der Waals surface area contributed by atoms with Crippen LogP contribution >= 0.6 is 15.9 Å². The number of carbonyl (C=O) groups excluding carboxylic acids is 1. The molecule has 4 aromatic rings. The van der Waals surface area contributed by atoms with E-state index in [0.29, 0.717) is 38.3 Å². The first-order valence-electron chi connectivity index (χ1n) is 13.1. The number of ether oxygens (including phenoxy) is 4. The number of hydrogen-bond acceptors (Lipinski definition) is 8. The van der Waals surface area contributed by atoms with E-state index in [1.807, 2.05) is 31.2 Å². The van der Waals surface area contributed by atoms with Gasteiger partial charge in [-0.1, -0.05) is 26.0 Å². The second-order valence-corrected chi connectivity index (χ2v) is 10.4. The highest BCUT2D eigenvalue weighted by atomic mass is 79.9. The van der Waals surface area contributed by atoms with Gasteiger partial charge in [0.05, 0.1) is 42.4 Å². The SMILES string of the molecule is CCOC(=O)COc1c(Br)cc(C=Nn2c(-c3cc(C(C)C)c(OC)cc3C)nc3ccccc3c2=O)cc1OC. The fourth-order valence-electron chi connectivity index (χ4n) is 4.38. The van der Waals surface area contributed by atoms with Crippen molar-refractivity contribution >= 4 is 39.0 Å². The zero-order chi connectivity index (χ0) is 29.7. The predicted octanol–water partition coefficient (Wildman–Crippen LogP) is 6.10. The van der Waals surface area contributed by atoms with Crippen molar-refractivity contribution in [1.29, 1.82) is 0 Å². The Morgan fingerprint density at radius 3 is 2.51 bits per heavy atom. The number of carbonyl (C=O) groups is 1. The number of fused-ring (bicyclic) bond motifs is 1. The minimum Gasteiger partial charge on any atom is -0.496 e. The van der Waals surface area contributed by atoms with Gasteiger partial charge < -0.3 is 18.9 Å². The van der Waals surface area contributed by atoms with Gasteiger partial charge in [-0.15, -0.1) is 0 Å². The van der Waals surface area contributed by atoms with Crippen LogP contribution in [0.25, 0.3) is 22.3 Å². The normalized spacial score (nSPS) is 11.3. The number of para-hydroxylation sites is 1. The summed E-state index contributed by atoms with van der Waals surface area (Å²) in [4.78, 5) is 30.4. The molecule has 0 unspecified atom stereocenters. The van der Waals surface area contributed by atoms with Gasteiger partial charge in [0.15, 0.2) is 23.9 Å². The van der Waals surface area contributed by atoms with Crippen LogP contribution in [0.2, 0.25) is 0 Å². The Morgan fingerprint density at radius 1 is 1.10 bits per heavy atom. The largest absolute Gasteiger partial charge is 0.496 e. The molecule has 214 valence electrons. The van der Waals surface area contributed by atoms with Crippen molar-refractivity contribution in [3.8, 4) is 28.6 Å². The molecule has 0 amide bonds. The summed E-state index contributed by atoms with van der Waals surface area (Å²) in [5.74, 6) is 1.61. The van der Waals surface area contributed by atoms with E-state index in [1.54, 1.807) is 44.5 Å². The first-order valence-corrected chi connectivity index (χ1v) is 13.9. The van der Waals surface area contributed by atoms with Gasteiger partial charge in [0.25, 0.3) is 5.56 Å². The monoisotopic (exact) mass is 621 g/mol. The fraction of sp³-hybridized carbons (Fsp3) is 0.290. The molecule has 3 aromatic carbocycles. The summed E-state index contributed by atoms with van der Waals surface area (Å²) in [5, 5.41) is 5.05. The van der Waals surface area contributed by atoms with E-state index >= 15 is 0 Å². The molecule has 1 heterocycles. The number of hydrogen-bond donors (Lipinski definition) is 0. The Bertz CT molecular complexity index is 1680. The van der Waals surface area contributed by atoms with E-state index in [0.717, 1.165) is 22.4 Å². The molecular weight excluding hydrogens is 590 g/mol. The van der Waals surface area contributed by atoms with E-state index in [2.05, 4.69) is 34.9 Å². The number of esters is 1. The maximum absolute atomic E-state index is 13.7. The van der Waals surface area contributed by atoms with Crippen LogP contribution in [-0.2, 0) is 9.53 Å². The van der Waals surface area contributed by atoms with Gasteiger partial charge in [-0.3, -0.25) is 4.79 Å². The van der Waals surface area contributed by atoms with E-state index in [4.69, 9.17) is 23.9 Å². The second kappa shape index (κ2) is 13.0. The van der Waals surface area contributed by atoms with E-state index in [9.17, 15) is 9.59 Å². The predicted molar refractivity (Wildman–Crippen MR) is 163 cm³/mol. The highest BCUT2D eigenvalue weighted by Gasteiger charge is 2.19. The van der Waals surface area contributed by atoms with Gasteiger partial charge in [0.1, 0.15) is 5.75 Å². The highest BCUT2D eigenvalue weighted by molar-refractivity contribution is 9.10.